The van der Waals surface area contributed by atoms with E-state index in [1.807, 2.05) is 28.6 Å². The van der Waals surface area contributed by atoms with E-state index >= 15 is 0 Å². The van der Waals surface area contributed by atoms with E-state index in [4.69, 9.17) is 0 Å². The summed E-state index contributed by atoms with van der Waals surface area (Å²) in [4.78, 5) is 10.9. The summed E-state index contributed by atoms with van der Waals surface area (Å²) in [6.45, 7) is 8.10. The van der Waals surface area contributed by atoms with Gasteiger partial charge < -0.3 is 5.11 Å². The lowest BCUT2D eigenvalue weighted by Gasteiger charge is -2.31. The molecule has 0 saturated heterocycles. The highest BCUT2D eigenvalue weighted by molar-refractivity contribution is 8.01. The van der Waals surface area contributed by atoms with Crippen LogP contribution in [0.2, 0.25) is 0 Å². The van der Waals surface area contributed by atoms with Gasteiger partial charge in [0.05, 0.1) is 11.0 Å². The first-order valence-corrected chi connectivity index (χ1v) is 7.16. The molecule has 6 heteroatoms. The number of allylic oxidation sites excluding steroid dienone is 2. The molecule has 1 N–H and O–H groups in total. The smallest absolute Gasteiger partial charge is 0.283 e. The molecule has 0 saturated carbocycles. The Morgan fingerprint density at radius 3 is 2.76 bits per heavy atom. The van der Waals surface area contributed by atoms with Crippen LogP contribution in [0.1, 0.15) is 17.2 Å². The number of hydrogen-bond donors (Lipinski definition) is 1. The van der Waals surface area contributed by atoms with Crippen molar-refractivity contribution in [3.63, 3.8) is 0 Å². The number of aliphatic hydroxyl groups is 1. The number of aliphatic hydroxyl groups excluding tert-OH is 1. The first kappa shape index (κ1) is 15.5. The highest BCUT2D eigenvalue weighted by Crippen LogP contribution is 2.34. The third-order valence-electron chi connectivity index (χ3n) is 3.19. The number of hydrogen-bond acceptors (Lipinski definition) is 5. The van der Waals surface area contributed by atoms with Crippen molar-refractivity contribution >= 4 is 11.9 Å². The van der Waals surface area contributed by atoms with E-state index in [0.717, 1.165) is 11.1 Å². The van der Waals surface area contributed by atoms with E-state index in [9.17, 15) is 15.2 Å². The molecular weight excluding hydrogens is 288 g/mol. The normalized spacial score (nSPS) is 19.4. The molecule has 0 radical (unpaired) electrons. The van der Waals surface area contributed by atoms with Crippen molar-refractivity contribution in [3.05, 3.63) is 81.4 Å². The summed E-state index contributed by atoms with van der Waals surface area (Å²) in [6.07, 6.45) is 2.05. The Bertz CT molecular complexity index is 613. The van der Waals surface area contributed by atoms with Crippen LogP contribution in [0.25, 0.3) is 0 Å². The van der Waals surface area contributed by atoms with E-state index in [2.05, 4.69) is 13.2 Å². The fraction of sp³-hybridized carbons (Fsp3) is 0.200. The molecule has 1 aliphatic rings. The van der Waals surface area contributed by atoms with Gasteiger partial charge >= 0.3 is 0 Å². The standard InChI is InChI=1S/C15H16N2O3S/c1-3-13(17(19)20)15(4-2)21-16-9-11-7-5-6-8-12(11)14(18)10-16/h3-8,14,18H,1-2,9-10H2/b15-13-. The maximum atomic E-state index is 11.0. The molecule has 0 fully saturated rings. The Kier molecular flexibility index (Phi) is 4.95. The Morgan fingerprint density at radius 2 is 2.14 bits per heavy atom. The minimum atomic E-state index is -0.601. The van der Waals surface area contributed by atoms with E-state index in [-0.39, 0.29) is 5.70 Å². The first-order valence-electron chi connectivity index (χ1n) is 6.39. The zero-order valence-electron chi connectivity index (χ0n) is 11.4. The highest BCUT2D eigenvalue weighted by atomic mass is 32.2. The van der Waals surface area contributed by atoms with Crippen LogP contribution in [0.15, 0.2) is 60.2 Å². The van der Waals surface area contributed by atoms with E-state index in [1.165, 1.54) is 24.1 Å². The molecule has 1 aliphatic heterocycles. The number of fused-ring (bicyclic) bond motifs is 1. The fourth-order valence-electron chi connectivity index (χ4n) is 2.21. The topological polar surface area (TPSA) is 66.6 Å². The molecule has 0 amide bonds. The quantitative estimate of drug-likeness (QED) is 0.392. The average Bonchev–Trinajstić information content (AvgIpc) is 2.46. The summed E-state index contributed by atoms with van der Waals surface area (Å²) in [5.74, 6) is 0. The number of benzene rings is 1. The predicted octanol–water partition coefficient (Wildman–Crippen LogP) is 3.04. The Labute approximate surface area is 127 Å². The van der Waals surface area contributed by atoms with Gasteiger partial charge in [-0.2, -0.15) is 0 Å². The molecule has 110 valence electrons. The molecule has 5 nitrogen and oxygen atoms in total. The van der Waals surface area contributed by atoms with Gasteiger partial charge in [0.1, 0.15) is 4.91 Å². The van der Waals surface area contributed by atoms with Crippen molar-refractivity contribution in [1.82, 2.24) is 4.31 Å². The molecule has 1 unspecified atom stereocenters. The minimum absolute atomic E-state index is 0.0802. The number of nitrogens with zero attached hydrogens (tertiary/aromatic N) is 2. The van der Waals surface area contributed by atoms with Crippen LogP contribution in [-0.4, -0.2) is 20.9 Å². The van der Waals surface area contributed by atoms with Crippen LogP contribution >= 0.6 is 11.9 Å². The molecule has 1 aromatic rings. The number of β-amino-alcohol motifs (C(OH)–C–C–N with tert-alkyl or cyclic N) is 1. The lowest BCUT2D eigenvalue weighted by atomic mass is 9.99. The van der Waals surface area contributed by atoms with Gasteiger partial charge in [0.2, 0.25) is 0 Å². The van der Waals surface area contributed by atoms with Crippen LogP contribution in [0.3, 0.4) is 0 Å². The maximum absolute atomic E-state index is 11.0. The van der Waals surface area contributed by atoms with Crippen molar-refractivity contribution in [1.29, 1.82) is 0 Å². The summed E-state index contributed by atoms with van der Waals surface area (Å²) < 4.78 is 1.89. The summed E-state index contributed by atoms with van der Waals surface area (Å²) >= 11 is 1.22. The van der Waals surface area contributed by atoms with Crippen molar-refractivity contribution in [2.75, 3.05) is 6.54 Å². The maximum Gasteiger partial charge on any atom is 0.283 e. The van der Waals surface area contributed by atoms with E-state index in [0.29, 0.717) is 18.0 Å². The first-order chi connectivity index (χ1) is 10.1. The average molecular weight is 304 g/mol. The highest BCUT2D eigenvalue weighted by Gasteiger charge is 2.25. The van der Waals surface area contributed by atoms with E-state index < -0.39 is 11.0 Å². The molecule has 1 aromatic carbocycles. The largest absolute Gasteiger partial charge is 0.387 e. The van der Waals surface area contributed by atoms with Crippen LogP contribution in [0, 0.1) is 10.1 Å². The SMILES string of the molecule is C=C/C(SN1Cc2ccccc2C(O)C1)=C(\C=C)[N+](=O)[O-]. The molecule has 0 bridgehead atoms. The van der Waals surface area contributed by atoms with Crippen LogP contribution in [0.4, 0.5) is 0 Å². The molecule has 0 spiro atoms. The molecule has 1 atom stereocenters. The summed E-state index contributed by atoms with van der Waals surface area (Å²) in [7, 11) is 0. The lowest BCUT2D eigenvalue weighted by Crippen LogP contribution is -2.28. The monoisotopic (exact) mass is 304 g/mol. The second kappa shape index (κ2) is 6.71. The van der Waals surface area contributed by atoms with Gasteiger partial charge in [0.15, 0.2) is 0 Å². The van der Waals surface area contributed by atoms with Gasteiger partial charge in [-0.25, -0.2) is 4.31 Å². The second-order valence-electron chi connectivity index (χ2n) is 4.54. The van der Waals surface area contributed by atoms with Crippen molar-refractivity contribution in [2.24, 2.45) is 0 Å². The Morgan fingerprint density at radius 1 is 1.43 bits per heavy atom. The minimum Gasteiger partial charge on any atom is -0.387 e. The lowest BCUT2D eigenvalue weighted by molar-refractivity contribution is -0.419. The molecule has 0 aliphatic carbocycles. The van der Waals surface area contributed by atoms with E-state index in [1.54, 1.807) is 0 Å². The predicted molar refractivity (Wildman–Crippen MR) is 83.8 cm³/mol. The molecule has 1 heterocycles. The van der Waals surface area contributed by atoms with Crippen LogP contribution in [0.5, 0.6) is 0 Å². The third-order valence-corrected chi connectivity index (χ3v) is 4.30. The van der Waals surface area contributed by atoms with Gasteiger partial charge in [0.25, 0.3) is 5.70 Å². The fourth-order valence-corrected chi connectivity index (χ4v) is 3.23. The number of rotatable bonds is 5. The Balaban J connectivity index is 2.23. The number of nitro groups is 1. The van der Waals surface area contributed by atoms with Crippen molar-refractivity contribution in [2.45, 2.75) is 12.6 Å². The summed E-state index contributed by atoms with van der Waals surface area (Å²) in [5, 5.41) is 21.2. The van der Waals surface area contributed by atoms with Gasteiger partial charge in [0, 0.05) is 19.2 Å². The Hall–Kier alpha value is -1.89. The van der Waals surface area contributed by atoms with Crippen molar-refractivity contribution in [3.8, 4) is 0 Å². The zero-order chi connectivity index (χ0) is 15.4. The van der Waals surface area contributed by atoms with Gasteiger partial charge in [-0.1, -0.05) is 37.4 Å². The third kappa shape index (κ3) is 3.41. The van der Waals surface area contributed by atoms with Crippen molar-refractivity contribution < 1.29 is 10.0 Å². The van der Waals surface area contributed by atoms with Crippen LogP contribution < -0.4 is 0 Å². The van der Waals surface area contributed by atoms with Gasteiger partial charge in [-0.3, -0.25) is 10.1 Å². The molecular formula is C15H16N2O3S. The summed E-state index contributed by atoms with van der Waals surface area (Å²) in [5.41, 5.74) is 1.86. The zero-order valence-corrected chi connectivity index (χ0v) is 12.3. The van der Waals surface area contributed by atoms with Gasteiger partial charge in [-0.15, -0.1) is 0 Å². The van der Waals surface area contributed by atoms with Gasteiger partial charge in [-0.05, 0) is 29.2 Å². The molecule has 2 rings (SSSR count). The van der Waals surface area contributed by atoms with Crippen LogP contribution in [-0.2, 0) is 6.54 Å². The second-order valence-corrected chi connectivity index (χ2v) is 5.68. The summed E-state index contributed by atoms with van der Waals surface area (Å²) in [6, 6.07) is 7.65. The molecule has 0 aromatic heterocycles. The molecule has 21 heavy (non-hydrogen) atoms.